The highest BCUT2D eigenvalue weighted by Gasteiger charge is 2.25. The Morgan fingerprint density at radius 2 is 2.20 bits per heavy atom. The summed E-state index contributed by atoms with van der Waals surface area (Å²) in [5.74, 6) is 0.150. The summed E-state index contributed by atoms with van der Waals surface area (Å²) in [6.07, 6.45) is 3.28. The third-order valence-electron chi connectivity index (χ3n) is 3.94. The van der Waals surface area contributed by atoms with Gasteiger partial charge < -0.3 is 0 Å². The van der Waals surface area contributed by atoms with Crippen molar-refractivity contribution in [2.24, 2.45) is 11.8 Å². The molecule has 2 unspecified atom stereocenters. The molecule has 1 N–H and O–H groups in total. The van der Waals surface area contributed by atoms with Crippen molar-refractivity contribution >= 4 is 10.0 Å². The van der Waals surface area contributed by atoms with Gasteiger partial charge >= 0.3 is 0 Å². The molecule has 108 valence electrons. The summed E-state index contributed by atoms with van der Waals surface area (Å²) in [5.41, 5.74) is -0.262. The standard InChI is InChI=1S/C14H17FN2O2S/c1-10-3-2-4-11(10)9-17-20(18,19)13-5-6-14(15)12(7-13)8-16/h5-7,10-11,17H,2-4,9H2,1H3. The van der Waals surface area contributed by atoms with Crippen molar-refractivity contribution in [2.75, 3.05) is 6.54 Å². The number of hydrogen-bond acceptors (Lipinski definition) is 3. The van der Waals surface area contributed by atoms with Crippen LogP contribution in [0, 0.1) is 29.0 Å². The van der Waals surface area contributed by atoms with Crippen LogP contribution in [0.5, 0.6) is 0 Å². The van der Waals surface area contributed by atoms with Crippen LogP contribution in [0.15, 0.2) is 23.1 Å². The molecule has 1 aliphatic rings. The lowest BCUT2D eigenvalue weighted by atomic mass is 9.99. The first-order valence-electron chi connectivity index (χ1n) is 6.63. The van der Waals surface area contributed by atoms with Crippen molar-refractivity contribution in [3.05, 3.63) is 29.6 Å². The molecule has 1 aromatic carbocycles. The van der Waals surface area contributed by atoms with Crippen LogP contribution in [0.3, 0.4) is 0 Å². The van der Waals surface area contributed by atoms with E-state index < -0.39 is 15.8 Å². The number of rotatable bonds is 4. The quantitative estimate of drug-likeness (QED) is 0.927. The highest BCUT2D eigenvalue weighted by Crippen LogP contribution is 2.30. The Hall–Kier alpha value is -1.45. The fourth-order valence-corrected chi connectivity index (χ4v) is 3.70. The minimum atomic E-state index is -3.69. The number of halogens is 1. The van der Waals surface area contributed by atoms with Gasteiger partial charge in [0, 0.05) is 6.54 Å². The lowest BCUT2D eigenvalue weighted by Gasteiger charge is -2.16. The lowest BCUT2D eigenvalue weighted by Crippen LogP contribution is -2.30. The molecular weight excluding hydrogens is 279 g/mol. The largest absolute Gasteiger partial charge is 0.240 e. The minimum Gasteiger partial charge on any atom is -0.211 e. The molecule has 0 spiro atoms. The summed E-state index contributed by atoms with van der Waals surface area (Å²) < 4.78 is 40.0. The van der Waals surface area contributed by atoms with Gasteiger partial charge in [-0.05, 0) is 36.5 Å². The number of nitrogens with zero attached hydrogens (tertiary/aromatic N) is 1. The van der Waals surface area contributed by atoms with E-state index in [9.17, 15) is 12.8 Å². The normalized spacial score (nSPS) is 22.6. The van der Waals surface area contributed by atoms with Gasteiger partial charge in [-0.3, -0.25) is 0 Å². The van der Waals surface area contributed by atoms with Crippen LogP contribution in [0.25, 0.3) is 0 Å². The van der Waals surface area contributed by atoms with Gasteiger partial charge in [-0.2, -0.15) is 5.26 Å². The molecule has 0 heterocycles. The second-order valence-corrected chi connectivity index (χ2v) is 7.04. The number of sulfonamides is 1. The van der Waals surface area contributed by atoms with E-state index in [1.54, 1.807) is 6.07 Å². The zero-order valence-corrected chi connectivity index (χ0v) is 12.1. The molecular formula is C14H17FN2O2S. The van der Waals surface area contributed by atoms with Crippen LogP contribution in [0.1, 0.15) is 31.7 Å². The molecule has 1 saturated carbocycles. The van der Waals surface area contributed by atoms with Crippen molar-refractivity contribution in [3.8, 4) is 6.07 Å². The van der Waals surface area contributed by atoms with Crippen LogP contribution < -0.4 is 4.72 Å². The lowest BCUT2D eigenvalue weighted by molar-refractivity contribution is 0.414. The monoisotopic (exact) mass is 296 g/mol. The molecule has 0 amide bonds. The summed E-state index contributed by atoms with van der Waals surface area (Å²) >= 11 is 0. The summed E-state index contributed by atoms with van der Waals surface area (Å²) in [7, 11) is -3.69. The molecule has 6 heteroatoms. The van der Waals surface area contributed by atoms with Crippen molar-refractivity contribution in [2.45, 2.75) is 31.1 Å². The van der Waals surface area contributed by atoms with E-state index in [2.05, 4.69) is 11.6 Å². The highest BCUT2D eigenvalue weighted by atomic mass is 32.2. The maximum Gasteiger partial charge on any atom is 0.240 e. The van der Waals surface area contributed by atoms with Gasteiger partial charge in [0.15, 0.2) is 0 Å². The fraction of sp³-hybridized carbons (Fsp3) is 0.500. The molecule has 0 aliphatic heterocycles. The minimum absolute atomic E-state index is 0.0684. The van der Waals surface area contributed by atoms with E-state index in [0.717, 1.165) is 31.4 Å². The predicted molar refractivity (Wildman–Crippen MR) is 72.8 cm³/mol. The van der Waals surface area contributed by atoms with Crippen molar-refractivity contribution in [1.29, 1.82) is 5.26 Å². The first kappa shape index (κ1) is 14.9. The Labute approximate surface area is 118 Å². The molecule has 1 fully saturated rings. The Morgan fingerprint density at radius 3 is 2.80 bits per heavy atom. The summed E-state index contributed by atoms with van der Waals surface area (Å²) in [4.78, 5) is -0.0684. The number of benzene rings is 1. The Kier molecular flexibility index (Phi) is 4.41. The third-order valence-corrected chi connectivity index (χ3v) is 5.36. The van der Waals surface area contributed by atoms with E-state index in [1.165, 1.54) is 6.07 Å². The topological polar surface area (TPSA) is 70.0 Å². The zero-order chi connectivity index (χ0) is 14.8. The summed E-state index contributed by atoms with van der Waals surface area (Å²) in [6, 6.07) is 4.89. The molecule has 2 atom stereocenters. The average Bonchev–Trinajstić information content (AvgIpc) is 2.82. The smallest absolute Gasteiger partial charge is 0.211 e. The molecule has 0 aromatic heterocycles. The van der Waals surface area contributed by atoms with Crippen LogP contribution in [-0.2, 0) is 10.0 Å². The Balaban J connectivity index is 2.12. The van der Waals surface area contributed by atoms with Gasteiger partial charge in [-0.25, -0.2) is 17.5 Å². The molecule has 1 aliphatic carbocycles. The van der Waals surface area contributed by atoms with Crippen LogP contribution in [0.4, 0.5) is 4.39 Å². The first-order chi connectivity index (χ1) is 9.44. The summed E-state index contributed by atoms with van der Waals surface area (Å²) in [6.45, 7) is 2.51. The maximum atomic E-state index is 13.2. The van der Waals surface area contributed by atoms with E-state index in [4.69, 9.17) is 5.26 Å². The maximum absolute atomic E-state index is 13.2. The number of nitriles is 1. The van der Waals surface area contributed by atoms with Gasteiger partial charge in [-0.15, -0.1) is 0 Å². The van der Waals surface area contributed by atoms with Crippen LogP contribution in [-0.4, -0.2) is 15.0 Å². The second kappa shape index (κ2) is 5.90. The zero-order valence-electron chi connectivity index (χ0n) is 11.3. The van der Waals surface area contributed by atoms with E-state index in [1.807, 2.05) is 0 Å². The molecule has 0 bridgehead atoms. The molecule has 20 heavy (non-hydrogen) atoms. The van der Waals surface area contributed by atoms with Gasteiger partial charge in [0.05, 0.1) is 10.5 Å². The number of hydrogen-bond donors (Lipinski definition) is 1. The third kappa shape index (κ3) is 3.17. The van der Waals surface area contributed by atoms with E-state index in [0.29, 0.717) is 18.4 Å². The molecule has 1 aromatic rings. The SMILES string of the molecule is CC1CCCC1CNS(=O)(=O)c1ccc(F)c(C#N)c1. The van der Waals surface area contributed by atoms with Gasteiger partial charge in [0.1, 0.15) is 11.9 Å². The van der Waals surface area contributed by atoms with E-state index >= 15 is 0 Å². The second-order valence-electron chi connectivity index (χ2n) is 5.27. The fourth-order valence-electron chi connectivity index (χ4n) is 2.58. The van der Waals surface area contributed by atoms with Gasteiger partial charge in [0.2, 0.25) is 10.0 Å². The van der Waals surface area contributed by atoms with E-state index in [-0.39, 0.29) is 10.5 Å². The Morgan fingerprint density at radius 1 is 1.45 bits per heavy atom. The molecule has 4 nitrogen and oxygen atoms in total. The first-order valence-corrected chi connectivity index (χ1v) is 8.11. The average molecular weight is 296 g/mol. The predicted octanol–water partition coefficient (Wildman–Crippen LogP) is 2.41. The summed E-state index contributed by atoms with van der Waals surface area (Å²) in [5, 5.41) is 8.74. The molecule has 0 saturated heterocycles. The Bertz CT molecular complexity index is 637. The van der Waals surface area contributed by atoms with Crippen LogP contribution >= 0.6 is 0 Å². The number of nitrogens with one attached hydrogen (secondary N) is 1. The highest BCUT2D eigenvalue weighted by molar-refractivity contribution is 7.89. The molecule has 2 rings (SSSR count). The van der Waals surface area contributed by atoms with Crippen LogP contribution in [0.2, 0.25) is 0 Å². The van der Waals surface area contributed by atoms with Gasteiger partial charge in [-0.1, -0.05) is 19.8 Å². The molecule has 0 radical (unpaired) electrons. The van der Waals surface area contributed by atoms with Gasteiger partial charge in [0.25, 0.3) is 0 Å². The van der Waals surface area contributed by atoms with Crippen molar-refractivity contribution in [1.82, 2.24) is 4.72 Å². The van der Waals surface area contributed by atoms with Crippen molar-refractivity contribution < 1.29 is 12.8 Å². The van der Waals surface area contributed by atoms with Crippen molar-refractivity contribution in [3.63, 3.8) is 0 Å².